The van der Waals surface area contributed by atoms with Crippen LogP contribution >= 0.6 is 11.6 Å². The summed E-state index contributed by atoms with van der Waals surface area (Å²) in [6, 6.07) is 7.46. The Balaban J connectivity index is 1.77. The standard InChI is InChI=1S/C13H15ClFN/c14-10-3-1-2-9(4-10)13(15)7-12(8-13)5-11(16)6-12/h1-4,11H,5-8,16H2. The van der Waals surface area contributed by atoms with E-state index in [4.69, 9.17) is 17.3 Å². The van der Waals surface area contributed by atoms with Crippen LogP contribution in [-0.2, 0) is 5.67 Å². The molecule has 0 aliphatic heterocycles. The molecule has 1 spiro atoms. The lowest BCUT2D eigenvalue weighted by Gasteiger charge is -2.59. The number of benzene rings is 1. The average molecular weight is 240 g/mol. The Labute approximate surface area is 99.8 Å². The van der Waals surface area contributed by atoms with Crippen LogP contribution in [-0.4, -0.2) is 6.04 Å². The minimum atomic E-state index is -1.16. The van der Waals surface area contributed by atoms with Crippen molar-refractivity contribution in [1.82, 2.24) is 0 Å². The van der Waals surface area contributed by atoms with Crippen LogP contribution in [0.15, 0.2) is 24.3 Å². The number of nitrogens with two attached hydrogens (primary N) is 1. The highest BCUT2D eigenvalue weighted by molar-refractivity contribution is 6.30. The predicted molar refractivity (Wildman–Crippen MR) is 63.1 cm³/mol. The summed E-state index contributed by atoms with van der Waals surface area (Å²) in [6.07, 6.45) is 3.21. The van der Waals surface area contributed by atoms with Gasteiger partial charge in [-0.2, -0.15) is 0 Å². The highest BCUT2D eigenvalue weighted by atomic mass is 35.5. The molecule has 1 aromatic rings. The van der Waals surface area contributed by atoms with Crippen LogP contribution in [0.2, 0.25) is 5.02 Å². The second-order valence-electron chi connectivity index (χ2n) is 5.50. The molecule has 1 nitrogen and oxygen atoms in total. The maximum absolute atomic E-state index is 14.6. The van der Waals surface area contributed by atoms with Crippen molar-refractivity contribution in [3.8, 4) is 0 Å². The molecule has 0 unspecified atom stereocenters. The van der Waals surface area contributed by atoms with Gasteiger partial charge in [0.05, 0.1) is 0 Å². The monoisotopic (exact) mass is 239 g/mol. The zero-order chi connectivity index (χ0) is 11.4. The summed E-state index contributed by atoms with van der Waals surface area (Å²) >= 11 is 5.89. The summed E-state index contributed by atoms with van der Waals surface area (Å²) in [5.74, 6) is 0. The van der Waals surface area contributed by atoms with Crippen molar-refractivity contribution in [2.75, 3.05) is 0 Å². The van der Waals surface area contributed by atoms with Crippen molar-refractivity contribution in [2.45, 2.75) is 37.4 Å². The molecular weight excluding hydrogens is 225 g/mol. The van der Waals surface area contributed by atoms with Crippen molar-refractivity contribution < 1.29 is 4.39 Å². The van der Waals surface area contributed by atoms with Crippen LogP contribution in [0.1, 0.15) is 31.2 Å². The van der Waals surface area contributed by atoms with Crippen molar-refractivity contribution in [3.05, 3.63) is 34.9 Å². The number of hydrogen-bond acceptors (Lipinski definition) is 1. The van der Waals surface area contributed by atoms with Gasteiger partial charge in [-0.1, -0.05) is 23.7 Å². The highest BCUT2D eigenvalue weighted by Gasteiger charge is 2.60. The quantitative estimate of drug-likeness (QED) is 0.799. The Morgan fingerprint density at radius 3 is 2.56 bits per heavy atom. The summed E-state index contributed by atoms with van der Waals surface area (Å²) in [5.41, 5.74) is 5.54. The molecule has 2 aliphatic carbocycles. The first-order chi connectivity index (χ1) is 7.51. The van der Waals surface area contributed by atoms with Crippen LogP contribution in [0.25, 0.3) is 0 Å². The molecule has 0 heterocycles. The fourth-order valence-electron chi connectivity index (χ4n) is 3.45. The summed E-state index contributed by atoms with van der Waals surface area (Å²) in [7, 11) is 0. The third kappa shape index (κ3) is 1.47. The van der Waals surface area contributed by atoms with E-state index in [1.54, 1.807) is 12.1 Å². The van der Waals surface area contributed by atoms with E-state index >= 15 is 0 Å². The molecule has 3 heteroatoms. The zero-order valence-corrected chi connectivity index (χ0v) is 9.80. The number of halogens is 2. The van der Waals surface area contributed by atoms with E-state index in [-0.39, 0.29) is 5.41 Å². The van der Waals surface area contributed by atoms with Crippen molar-refractivity contribution in [3.63, 3.8) is 0 Å². The number of hydrogen-bond donors (Lipinski definition) is 1. The number of rotatable bonds is 1. The molecule has 0 amide bonds. The Kier molecular flexibility index (Phi) is 2.11. The topological polar surface area (TPSA) is 26.0 Å². The van der Waals surface area contributed by atoms with Gasteiger partial charge in [0.15, 0.2) is 0 Å². The van der Waals surface area contributed by atoms with Gasteiger partial charge in [-0.25, -0.2) is 4.39 Å². The first kappa shape index (κ1) is 10.5. The van der Waals surface area contributed by atoms with Crippen LogP contribution in [0.4, 0.5) is 4.39 Å². The smallest absolute Gasteiger partial charge is 0.137 e. The minimum Gasteiger partial charge on any atom is -0.328 e. The highest BCUT2D eigenvalue weighted by Crippen LogP contribution is 2.65. The third-order valence-corrected chi connectivity index (χ3v) is 4.28. The van der Waals surface area contributed by atoms with Gasteiger partial charge in [-0.3, -0.25) is 0 Å². The second-order valence-corrected chi connectivity index (χ2v) is 5.93. The first-order valence-electron chi connectivity index (χ1n) is 5.72. The molecule has 0 saturated heterocycles. The molecule has 0 bridgehead atoms. The second kappa shape index (κ2) is 3.21. The molecule has 1 aromatic carbocycles. The molecule has 2 N–H and O–H groups in total. The van der Waals surface area contributed by atoms with E-state index in [0.717, 1.165) is 18.4 Å². The van der Waals surface area contributed by atoms with Crippen molar-refractivity contribution in [2.24, 2.45) is 11.1 Å². The van der Waals surface area contributed by atoms with E-state index in [2.05, 4.69) is 0 Å². The minimum absolute atomic E-state index is 0.205. The molecule has 0 radical (unpaired) electrons. The Morgan fingerprint density at radius 2 is 2.00 bits per heavy atom. The van der Waals surface area contributed by atoms with Gasteiger partial charge in [-0.15, -0.1) is 0 Å². The lowest BCUT2D eigenvalue weighted by atomic mass is 9.48. The van der Waals surface area contributed by atoms with Crippen LogP contribution < -0.4 is 5.73 Å². The molecule has 16 heavy (non-hydrogen) atoms. The van der Waals surface area contributed by atoms with E-state index in [1.165, 1.54) is 0 Å². The van der Waals surface area contributed by atoms with Gasteiger partial charge in [0.1, 0.15) is 5.67 Å². The molecule has 3 rings (SSSR count). The lowest BCUT2D eigenvalue weighted by molar-refractivity contribution is -0.127. The first-order valence-corrected chi connectivity index (χ1v) is 6.10. The molecule has 2 saturated carbocycles. The normalized spacial score (nSPS) is 41.6. The largest absolute Gasteiger partial charge is 0.328 e. The van der Waals surface area contributed by atoms with Gasteiger partial charge < -0.3 is 5.73 Å². The molecule has 0 aromatic heterocycles. The van der Waals surface area contributed by atoms with Crippen LogP contribution in [0.5, 0.6) is 0 Å². The van der Waals surface area contributed by atoms with E-state index in [9.17, 15) is 4.39 Å². The van der Waals surface area contributed by atoms with E-state index in [0.29, 0.717) is 23.9 Å². The zero-order valence-electron chi connectivity index (χ0n) is 9.05. The predicted octanol–water partition coefficient (Wildman–Crippen LogP) is 3.41. The van der Waals surface area contributed by atoms with E-state index < -0.39 is 5.67 Å². The summed E-state index contributed by atoms with van der Waals surface area (Å²) in [6.45, 7) is 0. The molecular formula is C13H15ClFN. The van der Waals surface area contributed by atoms with Gasteiger partial charge in [0, 0.05) is 11.1 Å². The molecule has 2 aliphatic rings. The van der Waals surface area contributed by atoms with Crippen molar-refractivity contribution >= 4 is 11.6 Å². The van der Waals surface area contributed by atoms with Gasteiger partial charge >= 0.3 is 0 Å². The Morgan fingerprint density at radius 1 is 1.31 bits per heavy atom. The van der Waals surface area contributed by atoms with Gasteiger partial charge in [-0.05, 0) is 48.8 Å². The maximum Gasteiger partial charge on any atom is 0.137 e. The fourth-order valence-corrected chi connectivity index (χ4v) is 3.64. The average Bonchev–Trinajstić information content (AvgIpc) is 2.13. The molecule has 2 fully saturated rings. The Bertz CT molecular complexity index is 418. The summed E-state index contributed by atoms with van der Waals surface area (Å²) in [4.78, 5) is 0. The lowest BCUT2D eigenvalue weighted by Crippen LogP contribution is -2.58. The van der Waals surface area contributed by atoms with Crippen molar-refractivity contribution in [1.29, 1.82) is 0 Å². The van der Waals surface area contributed by atoms with Crippen LogP contribution in [0, 0.1) is 5.41 Å². The summed E-state index contributed by atoms with van der Waals surface area (Å²) in [5, 5.41) is 0.612. The maximum atomic E-state index is 14.6. The number of alkyl halides is 1. The SMILES string of the molecule is NC1CC2(C1)CC(F)(c1cccc(Cl)c1)C2. The van der Waals surface area contributed by atoms with Gasteiger partial charge in [0.2, 0.25) is 0 Å². The molecule has 86 valence electrons. The molecule has 0 atom stereocenters. The van der Waals surface area contributed by atoms with E-state index in [1.807, 2.05) is 12.1 Å². The summed E-state index contributed by atoms with van der Waals surface area (Å²) < 4.78 is 14.6. The third-order valence-electron chi connectivity index (χ3n) is 4.04. The fraction of sp³-hybridized carbons (Fsp3) is 0.538. The Hall–Kier alpha value is -0.600. The van der Waals surface area contributed by atoms with Gasteiger partial charge in [0.25, 0.3) is 0 Å². The van der Waals surface area contributed by atoms with Crippen LogP contribution in [0.3, 0.4) is 0 Å².